The summed E-state index contributed by atoms with van der Waals surface area (Å²) >= 11 is 1.62. The van der Waals surface area contributed by atoms with Gasteiger partial charge in [0.25, 0.3) is 0 Å². The monoisotopic (exact) mass is 345 g/mol. The van der Waals surface area contributed by atoms with Crippen LogP contribution in [-0.4, -0.2) is 20.1 Å². The molecule has 2 unspecified atom stereocenters. The van der Waals surface area contributed by atoms with Crippen molar-refractivity contribution in [3.05, 3.63) is 90.0 Å². The van der Waals surface area contributed by atoms with Crippen LogP contribution in [0.5, 0.6) is 0 Å². The fourth-order valence-electron chi connectivity index (χ4n) is 3.50. The summed E-state index contributed by atoms with van der Waals surface area (Å²) in [6, 6.07) is 25.7. The first kappa shape index (κ1) is 14.7. The molecular formula is C20H15N3OS. The van der Waals surface area contributed by atoms with Crippen LogP contribution in [0.3, 0.4) is 0 Å². The number of fused-ring (bicyclic) bond motifs is 2. The van der Waals surface area contributed by atoms with E-state index in [0.717, 1.165) is 27.1 Å². The molecule has 1 aliphatic heterocycles. The van der Waals surface area contributed by atoms with Crippen LogP contribution in [0.4, 0.5) is 0 Å². The number of thioether (sulfide) groups is 1. The molecule has 3 aromatic carbocycles. The van der Waals surface area contributed by atoms with E-state index in [0.29, 0.717) is 0 Å². The van der Waals surface area contributed by atoms with Crippen molar-refractivity contribution in [2.45, 2.75) is 15.9 Å². The second-order valence-electron chi connectivity index (χ2n) is 6.12. The smallest absolute Gasteiger partial charge is 0.148 e. The van der Waals surface area contributed by atoms with Crippen LogP contribution in [0, 0.1) is 0 Å². The quantitative estimate of drug-likeness (QED) is 0.597. The standard InChI is InChI=1S/C20H15N3OS/c24-20(14-8-2-1-3-9-14)15-10-4-7-13-18(15)25-19(20)23-17-12-6-5-11-16(17)21-22-23/h1-13,19,24H. The van der Waals surface area contributed by atoms with E-state index in [1.165, 1.54) is 0 Å². The van der Waals surface area contributed by atoms with Crippen LogP contribution >= 0.6 is 11.8 Å². The Morgan fingerprint density at radius 1 is 0.880 bits per heavy atom. The first-order valence-corrected chi connectivity index (χ1v) is 9.00. The largest absolute Gasteiger partial charge is 0.377 e. The van der Waals surface area contributed by atoms with Crippen LogP contribution in [0.25, 0.3) is 11.0 Å². The van der Waals surface area contributed by atoms with Crippen LogP contribution < -0.4 is 0 Å². The van der Waals surface area contributed by atoms with E-state index in [9.17, 15) is 5.11 Å². The Balaban J connectivity index is 1.77. The molecule has 0 saturated heterocycles. The molecule has 0 bridgehead atoms. The van der Waals surface area contributed by atoms with Gasteiger partial charge in [-0.25, -0.2) is 4.68 Å². The molecule has 122 valence electrons. The lowest BCUT2D eigenvalue weighted by atomic mass is 9.86. The third-order valence-corrected chi connectivity index (χ3v) is 6.08. The van der Waals surface area contributed by atoms with Crippen LogP contribution in [0.2, 0.25) is 0 Å². The van der Waals surface area contributed by atoms with Gasteiger partial charge in [0.15, 0.2) is 0 Å². The van der Waals surface area contributed by atoms with Gasteiger partial charge in [0.05, 0.1) is 5.52 Å². The predicted octanol–water partition coefficient (Wildman–Crippen LogP) is 3.97. The normalized spacial score (nSPS) is 22.2. The summed E-state index contributed by atoms with van der Waals surface area (Å²) in [7, 11) is 0. The number of rotatable bonds is 2. The molecule has 1 N–H and O–H groups in total. The highest BCUT2D eigenvalue weighted by atomic mass is 32.2. The maximum absolute atomic E-state index is 11.9. The highest BCUT2D eigenvalue weighted by Crippen LogP contribution is 2.57. The molecule has 0 aliphatic carbocycles. The molecule has 1 aromatic heterocycles. The Morgan fingerprint density at radius 3 is 2.48 bits per heavy atom. The average Bonchev–Trinajstić information content (AvgIpc) is 3.22. The molecule has 2 atom stereocenters. The van der Waals surface area contributed by atoms with Gasteiger partial charge >= 0.3 is 0 Å². The molecule has 4 nitrogen and oxygen atoms in total. The first-order chi connectivity index (χ1) is 12.3. The minimum Gasteiger partial charge on any atom is -0.377 e. The van der Waals surface area contributed by atoms with Gasteiger partial charge in [0.2, 0.25) is 0 Å². The fraction of sp³-hybridized carbons (Fsp3) is 0.100. The van der Waals surface area contributed by atoms with Crippen molar-refractivity contribution in [3.8, 4) is 0 Å². The predicted molar refractivity (Wildman–Crippen MR) is 98.3 cm³/mol. The summed E-state index contributed by atoms with van der Waals surface area (Å²) in [5.74, 6) is 0. The zero-order valence-electron chi connectivity index (χ0n) is 13.3. The van der Waals surface area contributed by atoms with Gasteiger partial charge in [-0.2, -0.15) is 0 Å². The molecule has 2 heterocycles. The minimum atomic E-state index is -1.17. The molecule has 0 spiro atoms. The third-order valence-electron chi connectivity index (χ3n) is 4.71. The van der Waals surface area contributed by atoms with Gasteiger partial charge in [-0.15, -0.1) is 5.10 Å². The van der Waals surface area contributed by atoms with Crippen LogP contribution in [0.1, 0.15) is 16.5 Å². The Labute approximate surface area is 149 Å². The summed E-state index contributed by atoms with van der Waals surface area (Å²) in [6.45, 7) is 0. The molecule has 0 saturated carbocycles. The lowest BCUT2D eigenvalue weighted by Gasteiger charge is -2.31. The second-order valence-corrected chi connectivity index (χ2v) is 7.24. The number of para-hydroxylation sites is 1. The van der Waals surface area contributed by atoms with Crippen molar-refractivity contribution in [1.29, 1.82) is 0 Å². The van der Waals surface area contributed by atoms with Gasteiger partial charge in [-0.05, 0) is 23.8 Å². The van der Waals surface area contributed by atoms with Crippen molar-refractivity contribution < 1.29 is 5.11 Å². The summed E-state index contributed by atoms with van der Waals surface area (Å²) in [6.07, 6.45) is 0. The molecule has 5 heteroatoms. The molecule has 0 fully saturated rings. The summed E-state index contributed by atoms with van der Waals surface area (Å²) < 4.78 is 1.84. The molecule has 4 aromatic rings. The van der Waals surface area contributed by atoms with Gasteiger partial charge < -0.3 is 5.11 Å². The summed E-state index contributed by atoms with van der Waals surface area (Å²) in [5.41, 5.74) is 2.35. The first-order valence-electron chi connectivity index (χ1n) is 8.12. The number of nitrogens with zero attached hydrogens (tertiary/aromatic N) is 3. The minimum absolute atomic E-state index is 0.320. The fourth-order valence-corrected chi connectivity index (χ4v) is 4.94. The van der Waals surface area contributed by atoms with Crippen molar-refractivity contribution in [3.63, 3.8) is 0 Å². The lowest BCUT2D eigenvalue weighted by Crippen LogP contribution is -2.33. The Hall–Kier alpha value is -2.63. The Morgan fingerprint density at radius 2 is 1.60 bits per heavy atom. The summed E-state index contributed by atoms with van der Waals surface area (Å²) in [4.78, 5) is 1.07. The van der Waals surface area contributed by atoms with Gasteiger partial charge in [-0.3, -0.25) is 0 Å². The van der Waals surface area contributed by atoms with Crippen LogP contribution in [-0.2, 0) is 5.60 Å². The number of aliphatic hydroxyl groups is 1. The van der Waals surface area contributed by atoms with E-state index in [-0.39, 0.29) is 5.37 Å². The topological polar surface area (TPSA) is 50.9 Å². The van der Waals surface area contributed by atoms with E-state index in [2.05, 4.69) is 10.3 Å². The van der Waals surface area contributed by atoms with Crippen molar-refractivity contribution >= 4 is 22.8 Å². The van der Waals surface area contributed by atoms with Crippen molar-refractivity contribution in [2.75, 3.05) is 0 Å². The van der Waals surface area contributed by atoms with Gasteiger partial charge in [0.1, 0.15) is 16.5 Å². The number of aromatic nitrogens is 3. The Bertz CT molecular complexity index is 1060. The average molecular weight is 345 g/mol. The van der Waals surface area contributed by atoms with Crippen LogP contribution in [0.15, 0.2) is 83.8 Å². The highest BCUT2D eigenvalue weighted by molar-refractivity contribution is 7.99. The molecule has 25 heavy (non-hydrogen) atoms. The number of benzene rings is 3. The number of hydrogen-bond acceptors (Lipinski definition) is 4. The van der Waals surface area contributed by atoms with Crippen molar-refractivity contribution in [2.24, 2.45) is 0 Å². The zero-order valence-corrected chi connectivity index (χ0v) is 14.1. The molecule has 1 aliphatic rings. The van der Waals surface area contributed by atoms with Gasteiger partial charge in [-0.1, -0.05) is 77.6 Å². The summed E-state index contributed by atoms with van der Waals surface area (Å²) in [5, 5.41) is 20.2. The third kappa shape index (κ3) is 2.06. The maximum atomic E-state index is 11.9. The highest BCUT2D eigenvalue weighted by Gasteiger charge is 2.49. The van der Waals surface area contributed by atoms with E-state index in [1.807, 2.05) is 83.5 Å². The molecular weight excluding hydrogens is 330 g/mol. The van der Waals surface area contributed by atoms with E-state index in [4.69, 9.17) is 0 Å². The Kier molecular flexibility index (Phi) is 3.20. The molecule has 5 rings (SSSR count). The van der Waals surface area contributed by atoms with Gasteiger partial charge in [0, 0.05) is 10.5 Å². The lowest BCUT2D eigenvalue weighted by molar-refractivity contribution is 0.0566. The van der Waals surface area contributed by atoms with E-state index < -0.39 is 5.60 Å². The number of hydrogen-bond donors (Lipinski definition) is 1. The molecule has 0 radical (unpaired) electrons. The zero-order chi connectivity index (χ0) is 16.9. The molecule has 0 amide bonds. The van der Waals surface area contributed by atoms with Crippen molar-refractivity contribution in [1.82, 2.24) is 15.0 Å². The second kappa shape index (κ2) is 5.44. The van der Waals surface area contributed by atoms with E-state index >= 15 is 0 Å². The SMILES string of the molecule is OC1(c2ccccc2)c2ccccc2SC1n1nnc2ccccc21. The van der Waals surface area contributed by atoms with E-state index in [1.54, 1.807) is 11.8 Å². The maximum Gasteiger partial charge on any atom is 0.148 e.